The number of carbonyl (C=O) groups excluding carboxylic acids is 2. The van der Waals surface area contributed by atoms with Gasteiger partial charge in [-0.15, -0.1) is 0 Å². The van der Waals surface area contributed by atoms with Gasteiger partial charge in [-0.3, -0.25) is 14.3 Å². The number of piperidine rings is 1. The zero-order valence-electron chi connectivity index (χ0n) is 17.5. The van der Waals surface area contributed by atoms with E-state index in [4.69, 9.17) is 4.42 Å². The average Bonchev–Trinajstić information content (AvgIpc) is 3.36. The minimum atomic E-state index is -4.09. The summed E-state index contributed by atoms with van der Waals surface area (Å²) in [5.74, 6) is -1.24. The number of furan rings is 1. The average molecular weight is 472 g/mol. The summed E-state index contributed by atoms with van der Waals surface area (Å²) in [5.41, 5.74) is 0.479. The molecule has 0 aliphatic carbocycles. The molecule has 10 heteroatoms. The molecule has 0 unspecified atom stereocenters. The van der Waals surface area contributed by atoms with Gasteiger partial charge in [0, 0.05) is 24.7 Å². The van der Waals surface area contributed by atoms with Gasteiger partial charge >= 0.3 is 0 Å². The normalized spacial score (nSPS) is 14.6. The largest absolute Gasteiger partial charge is 0.472 e. The number of anilines is 1. The van der Waals surface area contributed by atoms with Gasteiger partial charge in [-0.05, 0) is 49.2 Å². The highest BCUT2D eigenvalue weighted by molar-refractivity contribution is 7.92. The molecule has 0 bridgehead atoms. The van der Waals surface area contributed by atoms with E-state index in [1.165, 1.54) is 55.0 Å². The van der Waals surface area contributed by atoms with Crippen LogP contribution in [0.15, 0.2) is 76.4 Å². The fourth-order valence-electron chi connectivity index (χ4n) is 3.62. The molecule has 3 aromatic rings. The molecule has 2 heterocycles. The molecular weight excluding hydrogens is 449 g/mol. The summed E-state index contributed by atoms with van der Waals surface area (Å²) in [4.78, 5) is 26.7. The molecule has 1 aromatic heterocycles. The first kappa shape index (κ1) is 22.5. The number of hydrogen-bond donors (Lipinski definition) is 2. The maximum absolute atomic E-state index is 13.8. The zero-order chi connectivity index (χ0) is 23.4. The van der Waals surface area contributed by atoms with Gasteiger partial charge in [-0.2, -0.15) is 0 Å². The Bertz CT molecular complexity index is 1250. The van der Waals surface area contributed by atoms with E-state index < -0.39 is 21.7 Å². The smallest absolute Gasteiger partial charge is 0.262 e. The maximum Gasteiger partial charge on any atom is 0.262 e. The molecule has 8 nitrogen and oxygen atoms in total. The van der Waals surface area contributed by atoms with Crippen molar-refractivity contribution in [2.75, 3.05) is 17.8 Å². The fourth-order valence-corrected chi connectivity index (χ4v) is 4.73. The molecule has 0 atom stereocenters. The van der Waals surface area contributed by atoms with Gasteiger partial charge in [0.05, 0.1) is 22.4 Å². The summed E-state index contributed by atoms with van der Waals surface area (Å²) in [6.45, 7) is 0.964. The Kier molecular flexibility index (Phi) is 6.45. The number of halogens is 1. The first-order chi connectivity index (χ1) is 15.8. The lowest BCUT2D eigenvalue weighted by Crippen LogP contribution is -2.46. The molecule has 0 spiro atoms. The third-order valence-electron chi connectivity index (χ3n) is 5.41. The van der Waals surface area contributed by atoms with Gasteiger partial charge in [0.2, 0.25) is 0 Å². The quantitative estimate of drug-likeness (QED) is 0.574. The van der Waals surface area contributed by atoms with Crippen LogP contribution in [0.5, 0.6) is 0 Å². The topological polar surface area (TPSA) is 109 Å². The van der Waals surface area contributed by atoms with Crippen LogP contribution in [0, 0.1) is 5.82 Å². The molecule has 1 aliphatic rings. The number of nitrogens with one attached hydrogen (secondary N) is 2. The van der Waals surface area contributed by atoms with Crippen LogP contribution in [0.1, 0.15) is 33.6 Å². The molecular formula is C23H22FN3O5S. The van der Waals surface area contributed by atoms with E-state index in [0.29, 0.717) is 31.5 Å². The van der Waals surface area contributed by atoms with Crippen molar-refractivity contribution < 1.29 is 26.8 Å². The number of rotatable bonds is 6. The third kappa shape index (κ3) is 5.23. The third-order valence-corrected chi connectivity index (χ3v) is 6.77. The standard InChI is InChI=1S/C23H22FN3O5S/c24-20-6-1-2-7-21(20)26-33(30,31)19-5-3-4-16(14-19)22(28)25-18-8-11-27(12-9-18)23(29)17-10-13-32-15-17/h1-7,10,13-15,18,26H,8-9,11-12H2,(H,25,28). The van der Waals surface area contributed by atoms with Gasteiger partial charge in [-0.25, -0.2) is 12.8 Å². The predicted octanol–water partition coefficient (Wildman–Crippen LogP) is 3.25. The Morgan fingerprint density at radius 2 is 1.76 bits per heavy atom. The molecule has 172 valence electrons. The molecule has 4 rings (SSSR count). The lowest BCUT2D eigenvalue weighted by atomic mass is 10.0. The summed E-state index contributed by atoms with van der Waals surface area (Å²) in [5, 5.41) is 2.90. The molecule has 33 heavy (non-hydrogen) atoms. The highest BCUT2D eigenvalue weighted by atomic mass is 32.2. The summed E-state index contributed by atoms with van der Waals surface area (Å²) < 4.78 is 46.3. The van der Waals surface area contributed by atoms with Crippen molar-refractivity contribution >= 4 is 27.5 Å². The number of hydrogen-bond acceptors (Lipinski definition) is 5. The Morgan fingerprint density at radius 1 is 1.00 bits per heavy atom. The molecule has 2 amide bonds. The first-order valence-corrected chi connectivity index (χ1v) is 11.8. The first-order valence-electron chi connectivity index (χ1n) is 10.3. The van der Waals surface area contributed by atoms with Crippen LogP contribution in [0.3, 0.4) is 0 Å². The fraction of sp³-hybridized carbons (Fsp3) is 0.217. The Hall–Kier alpha value is -3.66. The second kappa shape index (κ2) is 9.45. The number of amides is 2. The van der Waals surface area contributed by atoms with Crippen molar-refractivity contribution in [3.63, 3.8) is 0 Å². The van der Waals surface area contributed by atoms with Crippen LogP contribution < -0.4 is 10.0 Å². The lowest BCUT2D eigenvalue weighted by Gasteiger charge is -2.32. The number of nitrogens with zero attached hydrogens (tertiary/aromatic N) is 1. The Morgan fingerprint density at radius 3 is 2.45 bits per heavy atom. The number of carbonyl (C=O) groups is 2. The summed E-state index contributed by atoms with van der Waals surface area (Å²) in [6, 6.07) is 12.4. The highest BCUT2D eigenvalue weighted by Crippen LogP contribution is 2.20. The number of para-hydroxylation sites is 1. The van der Waals surface area contributed by atoms with Crippen LogP contribution in [0.2, 0.25) is 0 Å². The monoisotopic (exact) mass is 471 g/mol. The van der Waals surface area contributed by atoms with Gasteiger partial charge < -0.3 is 14.6 Å². The van der Waals surface area contributed by atoms with Crippen molar-refractivity contribution in [2.45, 2.75) is 23.8 Å². The number of likely N-dealkylation sites (tertiary alicyclic amines) is 1. The molecule has 0 saturated carbocycles. The van der Waals surface area contributed by atoms with Crippen LogP contribution in [0.25, 0.3) is 0 Å². The Balaban J connectivity index is 1.38. The van der Waals surface area contributed by atoms with Crippen LogP contribution in [-0.4, -0.2) is 44.3 Å². The molecule has 1 aliphatic heterocycles. The van der Waals surface area contributed by atoms with Crippen LogP contribution in [0.4, 0.5) is 10.1 Å². The zero-order valence-corrected chi connectivity index (χ0v) is 18.3. The van der Waals surface area contributed by atoms with Crippen LogP contribution >= 0.6 is 0 Å². The summed E-state index contributed by atoms with van der Waals surface area (Å²) in [6.07, 6.45) is 3.99. The number of benzene rings is 2. The molecule has 0 radical (unpaired) electrons. The minimum Gasteiger partial charge on any atom is -0.472 e. The van der Waals surface area contributed by atoms with Gasteiger partial charge in [-0.1, -0.05) is 18.2 Å². The van der Waals surface area contributed by atoms with Gasteiger partial charge in [0.1, 0.15) is 12.1 Å². The second-order valence-corrected chi connectivity index (χ2v) is 9.35. The van der Waals surface area contributed by atoms with Crippen molar-refractivity contribution in [3.05, 3.63) is 84.1 Å². The lowest BCUT2D eigenvalue weighted by molar-refractivity contribution is 0.0697. The molecule has 2 N–H and O–H groups in total. The van der Waals surface area contributed by atoms with E-state index in [2.05, 4.69) is 10.0 Å². The molecule has 1 saturated heterocycles. The van der Waals surface area contributed by atoms with Crippen molar-refractivity contribution in [3.8, 4) is 0 Å². The van der Waals surface area contributed by atoms with Crippen molar-refractivity contribution in [2.24, 2.45) is 0 Å². The van der Waals surface area contributed by atoms with Crippen molar-refractivity contribution in [1.29, 1.82) is 0 Å². The van der Waals surface area contributed by atoms with E-state index >= 15 is 0 Å². The van der Waals surface area contributed by atoms with Crippen molar-refractivity contribution in [1.82, 2.24) is 10.2 Å². The second-order valence-electron chi connectivity index (χ2n) is 7.67. The summed E-state index contributed by atoms with van der Waals surface area (Å²) in [7, 11) is -4.09. The maximum atomic E-state index is 13.8. The number of sulfonamides is 1. The van der Waals surface area contributed by atoms with E-state index in [-0.39, 0.29) is 28.1 Å². The van der Waals surface area contributed by atoms with E-state index in [1.807, 2.05) is 0 Å². The SMILES string of the molecule is O=C(NC1CCN(C(=O)c2ccoc2)CC1)c1cccc(S(=O)(=O)Nc2ccccc2F)c1. The van der Waals surface area contributed by atoms with Gasteiger partial charge in [0.25, 0.3) is 21.8 Å². The molecule has 2 aromatic carbocycles. The highest BCUT2D eigenvalue weighted by Gasteiger charge is 2.26. The minimum absolute atomic E-state index is 0.117. The van der Waals surface area contributed by atoms with E-state index in [9.17, 15) is 22.4 Å². The van der Waals surface area contributed by atoms with Gasteiger partial charge in [0.15, 0.2) is 0 Å². The predicted molar refractivity (Wildman–Crippen MR) is 119 cm³/mol. The van der Waals surface area contributed by atoms with Crippen LogP contribution in [-0.2, 0) is 10.0 Å². The Labute approximate surface area is 190 Å². The van der Waals surface area contributed by atoms with E-state index in [0.717, 1.165) is 6.07 Å². The molecule has 1 fully saturated rings. The van der Waals surface area contributed by atoms with E-state index in [1.54, 1.807) is 11.0 Å². The summed E-state index contributed by atoms with van der Waals surface area (Å²) >= 11 is 0.